The second-order valence-corrected chi connectivity index (χ2v) is 5.55. The smallest absolute Gasteiger partial charge is 0.254 e. The highest BCUT2D eigenvalue weighted by Crippen LogP contribution is 2.15. The first-order valence-corrected chi connectivity index (χ1v) is 7.90. The summed E-state index contributed by atoms with van der Waals surface area (Å²) in [4.78, 5) is 28.3. The number of hydrogen-bond acceptors (Lipinski definition) is 3. The first-order chi connectivity index (χ1) is 12.5. The quantitative estimate of drug-likeness (QED) is 0.765. The van der Waals surface area contributed by atoms with E-state index >= 15 is 0 Å². The van der Waals surface area contributed by atoms with Crippen molar-refractivity contribution in [3.05, 3.63) is 88.5 Å². The number of aromatic nitrogens is 2. The van der Waals surface area contributed by atoms with Gasteiger partial charge in [-0.05, 0) is 36.4 Å². The number of hydrogen-bond donors (Lipinski definition) is 1. The second kappa shape index (κ2) is 7.69. The van der Waals surface area contributed by atoms with E-state index in [4.69, 9.17) is 0 Å². The molecule has 0 aliphatic heterocycles. The van der Waals surface area contributed by atoms with Crippen LogP contribution >= 0.6 is 0 Å². The number of nitrogens with zero attached hydrogens (tertiary/aromatic N) is 2. The maximum Gasteiger partial charge on any atom is 0.254 e. The van der Waals surface area contributed by atoms with Crippen LogP contribution in [-0.4, -0.2) is 22.0 Å². The van der Waals surface area contributed by atoms with Gasteiger partial charge in [-0.25, -0.2) is 13.8 Å². The van der Waals surface area contributed by atoms with E-state index in [1.54, 1.807) is 6.07 Å². The van der Waals surface area contributed by atoms with E-state index < -0.39 is 11.7 Å². The number of halogens is 2. The van der Waals surface area contributed by atoms with Crippen LogP contribution in [0.25, 0.3) is 11.3 Å². The van der Waals surface area contributed by atoms with Crippen molar-refractivity contribution in [1.82, 2.24) is 14.9 Å². The molecule has 0 saturated carbocycles. The van der Waals surface area contributed by atoms with Crippen molar-refractivity contribution in [3.63, 3.8) is 0 Å². The molecule has 7 heteroatoms. The number of nitrogens with one attached hydrogen (secondary N) is 1. The molecule has 0 atom stereocenters. The molecule has 0 spiro atoms. The Hall–Kier alpha value is -3.35. The Labute approximate surface area is 147 Å². The average Bonchev–Trinajstić information content (AvgIpc) is 2.64. The minimum absolute atomic E-state index is 0.0513. The molecule has 0 radical (unpaired) electrons. The maximum absolute atomic E-state index is 13.5. The highest BCUT2D eigenvalue weighted by molar-refractivity contribution is 5.94. The van der Waals surface area contributed by atoms with E-state index in [0.29, 0.717) is 11.3 Å². The third-order valence-corrected chi connectivity index (χ3v) is 3.78. The van der Waals surface area contributed by atoms with Crippen molar-refractivity contribution < 1.29 is 13.6 Å². The van der Waals surface area contributed by atoms with Crippen LogP contribution in [0, 0.1) is 11.6 Å². The monoisotopic (exact) mass is 355 g/mol. The lowest BCUT2D eigenvalue weighted by atomic mass is 10.1. The van der Waals surface area contributed by atoms with Crippen LogP contribution in [0.3, 0.4) is 0 Å². The third kappa shape index (κ3) is 4.00. The predicted molar refractivity (Wildman–Crippen MR) is 92.6 cm³/mol. The van der Waals surface area contributed by atoms with E-state index in [1.807, 2.05) is 0 Å². The number of rotatable bonds is 5. The zero-order valence-electron chi connectivity index (χ0n) is 13.7. The largest absolute Gasteiger partial charge is 0.350 e. The Bertz CT molecular complexity index is 985. The summed E-state index contributed by atoms with van der Waals surface area (Å²) in [6.45, 7) is 0.334. The molecule has 0 fully saturated rings. The molecule has 3 rings (SSSR count). The van der Waals surface area contributed by atoms with Gasteiger partial charge in [-0.15, -0.1) is 0 Å². The summed E-state index contributed by atoms with van der Waals surface area (Å²) in [5, 5.41) is 2.56. The lowest BCUT2D eigenvalue weighted by Gasteiger charge is -2.08. The molecule has 1 heterocycles. The molecule has 2 aromatic carbocycles. The average molecular weight is 355 g/mol. The van der Waals surface area contributed by atoms with Gasteiger partial charge in [0.2, 0.25) is 0 Å². The summed E-state index contributed by atoms with van der Waals surface area (Å²) >= 11 is 0. The van der Waals surface area contributed by atoms with Crippen molar-refractivity contribution in [3.8, 4) is 11.3 Å². The first-order valence-electron chi connectivity index (χ1n) is 7.90. The van der Waals surface area contributed by atoms with Gasteiger partial charge in [0.15, 0.2) is 0 Å². The van der Waals surface area contributed by atoms with Crippen LogP contribution < -0.4 is 10.9 Å². The van der Waals surface area contributed by atoms with Crippen molar-refractivity contribution >= 4 is 5.91 Å². The third-order valence-electron chi connectivity index (χ3n) is 3.78. The highest BCUT2D eigenvalue weighted by Gasteiger charge is 2.10. The summed E-state index contributed by atoms with van der Waals surface area (Å²) in [5.74, 6) is -1.52. The normalized spacial score (nSPS) is 10.5. The number of carbonyl (C=O) groups excluding carboxylic acids is 1. The summed E-state index contributed by atoms with van der Waals surface area (Å²) in [5.41, 5.74) is 0.703. The van der Waals surface area contributed by atoms with E-state index in [-0.39, 0.29) is 30.0 Å². The van der Waals surface area contributed by atoms with Crippen LogP contribution in [-0.2, 0) is 6.54 Å². The molecular weight excluding hydrogens is 340 g/mol. The number of amides is 1. The van der Waals surface area contributed by atoms with Gasteiger partial charge in [0.05, 0.1) is 17.6 Å². The SMILES string of the molecule is O=C(NCCn1cnc(-c2ccc(F)cc2)cc1=O)c1ccccc1F. The molecule has 3 aromatic rings. The molecular formula is C19H15F2N3O2. The van der Waals surface area contributed by atoms with Gasteiger partial charge in [0, 0.05) is 24.7 Å². The Morgan fingerprint density at radius 3 is 2.50 bits per heavy atom. The lowest BCUT2D eigenvalue weighted by Crippen LogP contribution is -2.31. The van der Waals surface area contributed by atoms with Gasteiger partial charge in [0.1, 0.15) is 11.6 Å². The van der Waals surface area contributed by atoms with Gasteiger partial charge in [-0.1, -0.05) is 12.1 Å². The summed E-state index contributed by atoms with van der Waals surface area (Å²) < 4.78 is 27.8. The fourth-order valence-corrected chi connectivity index (χ4v) is 2.40. The van der Waals surface area contributed by atoms with Crippen LogP contribution in [0.15, 0.2) is 65.7 Å². The fourth-order valence-electron chi connectivity index (χ4n) is 2.40. The molecule has 0 unspecified atom stereocenters. The lowest BCUT2D eigenvalue weighted by molar-refractivity contribution is 0.0948. The van der Waals surface area contributed by atoms with Crippen LogP contribution in [0.2, 0.25) is 0 Å². The molecule has 0 aliphatic rings. The standard InChI is InChI=1S/C19H15F2N3O2/c20-14-7-5-13(6-8-14)17-11-18(25)24(12-23-17)10-9-22-19(26)15-3-1-2-4-16(15)21/h1-8,11-12H,9-10H2,(H,22,26). The minimum Gasteiger partial charge on any atom is -0.350 e. The Morgan fingerprint density at radius 1 is 1.08 bits per heavy atom. The molecule has 1 amide bonds. The first kappa shape index (κ1) is 17.5. The second-order valence-electron chi connectivity index (χ2n) is 5.55. The Morgan fingerprint density at radius 2 is 1.81 bits per heavy atom. The summed E-state index contributed by atoms with van der Waals surface area (Å²) in [6.07, 6.45) is 1.36. The van der Waals surface area contributed by atoms with E-state index in [0.717, 1.165) is 0 Å². The summed E-state index contributed by atoms with van der Waals surface area (Å²) in [7, 11) is 0. The molecule has 0 saturated heterocycles. The van der Waals surface area contributed by atoms with Crippen molar-refractivity contribution in [2.45, 2.75) is 6.54 Å². The number of benzene rings is 2. The van der Waals surface area contributed by atoms with Gasteiger partial charge in [-0.3, -0.25) is 14.2 Å². The summed E-state index contributed by atoms with van der Waals surface area (Å²) in [6, 6.07) is 12.7. The molecule has 132 valence electrons. The van der Waals surface area contributed by atoms with Gasteiger partial charge in [-0.2, -0.15) is 0 Å². The minimum atomic E-state index is -0.604. The van der Waals surface area contributed by atoms with Crippen molar-refractivity contribution in [2.24, 2.45) is 0 Å². The Balaban J connectivity index is 1.64. The highest BCUT2D eigenvalue weighted by atomic mass is 19.1. The van der Waals surface area contributed by atoms with Gasteiger partial charge < -0.3 is 5.32 Å². The van der Waals surface area contributed by atoms with E-state index in [1.165, 1.54) is 59.4 Å². The predicted octanol–water partition coefficient (Wildman–Crippen LogP) is 2.62. The van der Waals surface area contributed by atoms with Crippen LogP contribution in [0.4, 0.5) is 8.78 Å². The van der Waals surface area contributed by atoms with Crippen molar-refractivity contribution in [1.29, 1.82) is 0 Å². The fraction of sp³-hybridized carbons (Fsp3) is 0.105. The van der Waals surface area contributed by atoms with Gasteiger partial charge in [0.25, 0.3) is 11.5 Å². The van der Waals surface area contributed by atoms with Crippen LogP contribution in [0.5, 0.6) is 0 Å². The molecule has 0 bridgehead atoms. The zero-order valence-corrected chi connectivity index (χ0v) is 13.7. The van der Waals surface area contributed by atoms with E-state index in [2.05, 4.69) is 10.3 Å². The maximum atomic E-state index is 13.5. The van der Waals surface area contributed by atoms with E-state index in [9.17, 15) is 18.4 Å². The molecule has 5 nitrogen and oxygen atoms in total. The topological polar surface area (TPSA) is 64.0 Å². The zero-order chi connectivity index (χ0) is 18.5. The Kier molecular flexibility index (Phi) is 5.17. The molecule has 1 aromatic heterocycles. The van der Waals surface area contributed by atoms with Crippen molar-refractivity contribution in [2.75, 3.05) is 6.54 Å². The number of carbonyl (C=O) groups is 1. The van der Waals surface area contributed by atoms with Crippen LogP contribution in [0.1, 0.15) is 10.4 Å². The molecule has 26 heavy (non-hydrogen) atoms. The molecule has 0 aliphatic carbocycles. The molecule has 1 N–H and O–H groups in total. The van der Waals surface area contributed by atoms with Gasteiger partial charge >= 0.3 is 0 Å².